The molecule has 0 bridgehead atoms. The number of nitrogens with one attached hydrogen (secondary N) is 1. The number of aromatic carboxylic acids is 1. The van der Waals surface area contributed by atoms with E-state index in [1.165, 1.54) is 12.4 Å². The predicted molar refractivity (Wildman–Crippen MR) is 64.4 cm³/mol. The zero-order valence-corrected chi connectivity index (χ0v) is 10.6. The van der Waals surface area contributed by atoms with Crippen LogP contribution >= 0.6 is 0 Å². The largest absolute Gasteiger partial charge is 0.476 e. The quantitative estimate of drug-likeness (QED) is 0.769. The Bertz CT molecular complexity index is 628. The third-order valence-electron chi connectivity index (χ3n) is 2.75. The fraction of sp³-hybridized carbons (Fsp3) is 0.400. The SMILES string of the molecule is O=C(O)c1nccnc1NC(=O)C1CCS(=O)(=O)C1. The van der Waals surface area contributed by atoms with Crippen molar-refractivity contribution in [2.75, 3.05) is 16.8 Å². The molecule has 0 spiro atoms. The Kier molecular flexibility index (Phi) is 3.47. The van der Waals surface area contributed by atoms with Gasteiger partial charge in [0, 0.05) is 12.4 Å². The second kappa shape index (κ2) is 4.92. The first-order valence-electron chi connectivity index (χ1n) is 5.44. The lowest BCUT2D eigenvalue weighted by molar-refractivity contribution is -0.119. The molecular weight excluding hydrogens is 274 g/mol. The zero-order chi connectivity index (χ0) is 14.0. The van der Waals surface area contributed by atoms with Crippen LogP contribution < -0.4 is 5.32 Å². The number of carbonyl (C=O) groups is 2. The van der Waals surface area contributed by atoms with E-state index < -0.39 is 27.6 Å². The summed E-state index contributed by atoms with van der Waals surface area (Å²) in [5, 5.41) is 11.2. The molecule has 1 aliphatic rings. The minimum absolute atomic E-state index is 0.0304. The van der Waals surface area contributed by atoms with Crippen LogP contribution in [0.3, 0.4) is 0 Å². The predicted octanol–water partition coefficient (Wildman–Crippen LogP) is -0.452. The summed E-state index contributed by atoms with van der Waals surface area (Å²) < 4.78 is 22.5. The van der Waals surface area contributed by atoms with Gasteiger partial charge in [0.25, 0.3) is 0 Å². The smallest absolute Gasteiger partial charge is 0.358 e. The van der Waals surface area contributed by atoms with Crippen molar-refractivity contribution in [3.05, 3.63) is 18.1 Å². The van der Waals surface area contributed by atoms with Gasteiger partial charge in [0.15, 0.2) is 21.3 Å². The normalized spacial score (nSPS) is 20.9. The van der Waals surface area contributed by atoms with Gasteiger partial charge in [0.2, 0.25) is 5.91 Å². The molecule has 2 N–H and O–H groups in total. The van der Waals surface area contributed by atoms with Crippen LogP contribution in [0, 0.1) is 5.92 Å². The van der Waals surface area contributed by atoms with Crippen LogP contribution in [0.25, 0.3) is 0 Å². The number of hydrogen-bond donors (Lipinski definition) is 2. The summed E-state index contributed by atoms with van der Waals surface area (Å²) >= 11 is 0. The third kappa shape index (κ3) is 3.05. The lowest BCUT2D eigenvalue weighted by Crippen LogP contribution is -2.25. The van der Waals surface area contributed by atoms with Gasteiger partial charge < -0.3 is 10.4 Å². The molecule has 1 unspecified atom stereocenters. The molecule has 19 heavy (non-hydrogen) atoms. The van der Waals surface area contributed by atoms with E-state index in [0.717, 1.165) is 0 Å². The van der Waals surface area contributed by atoms with Gasteiger partial charge in [-0.05, 0) is 6.42 Å². The Morgan fingerprint density at radius 2 is 2.00 bits per heavy atom. The molecule has 0 aliphatic carbocycles. The van der Waals surface area contributed by atoms with Gasteiger partial charge in [-0.25, -0.2) is 23.2 Å². The van der Waals surface area contributed by atoms with Gasteiger partial charge in [-0.1, -0.05) is 0 Å². The highest BCUT2D eigenvalue weighted by molar-refractivity contribution is 7.91. The number of rotatable bonds is 3. The van der Waals surface area contributed by atoms with Crippen molar-refractivity contribution >= 4 is 27.5 Å². The van der Waals surface area contributed by atoms with Crippen LogP contribution in [-0.2, 0) is 14.6 Å². The standard InChI is InChI=1S/C10H11N3O5S/c14-9(6-1-4-19(17,18)5-6)13-8-7(10(15)16)11-2-3-12-8/h2-3,6H,1,4-5H2,(H,15,16)(H,12,13,14). The van der Waals surface area contributed by atoms with Crippen molar-refractivity contribution in [3.63, 3.8) is 0 Å². The van der Waals surface area contributed by atoms with E-state index in [0.29, 0.717) is 0 Å². The maximum atomic E-state index is 11.8. The number of carbonyl (C=O) groups excluding carboxylic acids is 1. The second-order valence-corrected chi connectivity index (χ2v) is 6.38. The number of carboxylic acid groups (broad SMARTS) is 1. The van der Waals surface area contributed by atoms with Crippen LogP contribution in [0.5, 0.6) is 0 Å². The van der Waals surface area contributed by atoms with Crippen molar-refractivity contribution in [2.24, 2.45) is 5.92 Å². The highest BCUT2D eigenvalue weighted by Gasteiger charge is 2.33. The average molecular weight is 285 g/mol. The summed E-state index contributed by atoms with van der Waals surface area (Å²) in [5.41, 5.74) is -0.378. The van der Waals surface area contributed by atoms with Crippen LogP contribution in [0.15, 0.2) is 12.4 Å². The molecule has 2 heterocycles. The molecule has 0 aromatic carbocycles. The minimum Gasteiger partial charge on any atom is -0.476 e. The highest BCUT2D eigenvalue weighted by Crippen LogP contribution is 2.20. The number of sulfone groups is 1. The Hall–Kier alpha value is -2.03. The first kappa shape index (κ1) is 13.4. The van der Waals surface area contributed by atoms with Gasteiger partial charge in [-0.3, -0.25) is 4.79 Å². The van der Waals surface area contributed by atoms with E-state index in [1.54, 1.807) is 0 Å². The van der Waals surface area contributed by atoms with E-state index in [-0.39, 0.29) is 29.4 Å². The maximum absolute atomic E-state index is 11.8. The molecule has 2 rings (SSSR count). The van der Waals surface area contributed by atoms with Crippen molar-refractivity contribution in [1.82, 2.24) is 9.97 Å². The molecule has 102 valence electrons. The fourth-order valence-corrected chi connectivity index (χ4v) is 3.55. The van der Waals surface area contributed by atoms with Crippen molar-refractivity contribution in [2.45, 2.75) is 6.42 Å². The fourth-order valence-electron chi connectivity index (χ4n) is 1.81. The summed E-state index contributed by atoms with van der Waals surface area (Å²) in [6.45, 7) is 0. The Morgan fingerprint density at radius 3 is 2.58 bits per heavy atom. The number of carboxylic acids is 1. The van der Waals surface area contributed by atoms with E-state index in [2.05, 4.69) is 15.3 Å². The molecule has 1 aliphatic heterocycles. The van der Waals surface area contributed by atoms with Crippen molar-refractivity contribution < 1.29 is 23.1 Å². The Morgan fingerprint density at radius 1 is 1.32 bits per heavy atom. The summed E-state index contributed by atoms with van der Waals surface area (Å²) in [5.74, 6) is -2.97. The molecule has 1 aromatic heterocycles. The zero-order valence-electron chi connectivity index (χ0n) is 9.74. The monoisotopic (exact) mass is 285 g/mol. The molecule has 9 heteroatoms. The van der Waals surface area contributed by atoms with Gasteiger partial charge in [-0.2, -0.15) is 0 Å². The Balaban J connectivity index is 2.14. The summed E-state index contributed by atoms with van der Waals surface area (Å²) in [6, 6.07) is 0. The molecular formula is C10H11N3O5S. The van der Waals surface area contributed by atoms with Crippen LogP contribution in [-0.4, -0.2) is 46.9 Å². The highest BCUT2D eigenvalue weighted by atomic mass is 32.2. The molecule has 0 saturated carbocycles. The van der Waals surface area contributed by atoms with Crippen LogP contribution in [0.2, 0.25) is 0 Å². The third-order valence-corrected chi connectivity index (χ3v) is 4.51. The van der Waals surface area contributed by atoms with E-state index >= 15 is 0 Å². The molecule has 1 saturated heterocycles. The molecule has 1 amide bonds. The first-order chi connectivity index (χ1) is 8.89. The number of anilines is 1. The topological polar surface area (TPSA) is 126 Å². The van der Waals surface area contributed by atoms with Gasteiger partial charge in [0.1, 0.15) is 0 Å². The average Bonchev–Trinajstić information content (AvgIpc) is 2.70. The van der Waals surface area contributed by atoms with Gasteiger partial charge >= 0.3 is 5.97 Å². The molecule has 1 atom stereocenters. The van der Waals surface area contributed by atoms with E-state index in [9.17, 15) is 18.0 Å². The summed E-state index contributed by atoms with van der Waals surface area (Å²) in [6.07, 6.45) is 2.67. The second-order valence-electron chi connectivity index (χ2n) is 4.15. The number of aromatic nitrogens is 2. The number of nitrogens with zero attached hydrogens (tertiary/aromatic N) is 2. The van der Waals surface area contributed by atoms with E-state index in [4.69, 9.17) is 5.11 Å². The van der Waals surface area contributed by atoms with Crippen molar-refractivity contribution in [3.8, 4) is 0 Å². The lowest BCUT2D eigenvalue weighted by atomic mass is 10.1. The van der Waals surface area contributed by atoms with Crippen LogP contribution in [0.1, 0.15) is 16.9 Å². The molecule has 1 aromatic rings. The lowest BCUT2D eigenvalue weighted by Gasteiger charge is -2.09. The van der Waals surface area contributed by atoms with Gasteiger partial charge in [-0.15, -0.1) is 0 Å². The summed E-state index contributed by atoms with van der Waals surface area (Å²) in [7, 11) is -3.17. The molecule has 8 nitrogen and oxygen atoms in total. The first-order valence-corrected chi connectivity index (χ1v) is 7.27. The minimum atomic E-state index is -3.17. The van der Waals surface area contributed by atoms with E-state index in [1.807, 2.05) is 0 Å². The summed E-state index contributed by atoms with van der Waals surface area (Å²) in [4.78, 5) is 30.0. The Labute approximate surface area is 108 Å². The number of amides is 1. The molecule has 1 fully saturated rings. The number of hydrogen-bond acceptors (Lipinski definition) is 6. The van der Waals surface area contributed by atoms with Crippen LogP contribution in [0.4, 0.5) is 5.82 Å². The molecule has 0 radical (unpaired) electrons. The van der Waals surface area contributed by atoms with Gasteiger partial charge in [0.05, 0.1) is 17.4 Å². The maximum Gasteiger partial charge on any atom is 0.358 e. The van der Waals surface area contributed by atoms with Crippen molar-refractivity contribution in [1.29, 1.82) is 0 Å².